The molecule has 2 fully saturated rings. The van der Waals surface area contributed by atoms with Crippen molar-refractivity contribution in [2.24, 2.45) is 5.92 Å². The fourth-order valence-electron chi connectivity index (χ4n) is 2.74. The highest BCUT2D eigenvalue weighted by atomic mass is 16.2. The summed E-state index contributed by atoms with van der Waals surface area (Å²) in [4.78, 5) is 14.2. The van der Waals surface area contributed by atoms with Gasteiger partial charge in [0, 0.05) is 19.1 Å². The predicted octanol–water partition coefficient (Wildman–Crippen LogP) is 0.525. The molecule has 3 heteroatoms. The molecule has 0 aromatic carbocycles. The van der Waals surface area contributed by atoms with E-state index in [0.717, 1.165) is 19.5 Å². The van der Waals surface area contributed by atoms with E-state index in [9.17, 15) is 4.79 Å². The van der Waals surface area contributed by atoms with Crippen LogP contribution in [0.5, 0.6) is 0 Å². The molecule has 0 spiro atoms. The van der Waals surface area contributed by atoms with Gasteiger partial charge in [-0.1, -0.05) is 12.2 Å². The molecule has 1 amide bonds. The summed E-state index contributed by atoms with van der Waals surface area (Å²) in [6.07, 6.45) is 7.90. The molecule has 1 N–H and O–H groups in total. The van der Waals surface area contributed by atoms with Gasteiger partial charge in [0.05, 0.1) is 12.0 Å². The van der Waals surface area contributed by atoms with E-state index in [0.29, 0.717) is 18.0 Å². The summed E-state index contributed by atoms with van der Waals surface area (Å²) < 4.78 is 0. The molecule has 0 radical (unpaired) electrons. The van der Waals surface area contributed by atoms with E-state index in [4.69, 9.17) is 0 Å². The zero-order valence-electron chi connectivity index (χ0n) is 8.28. The second-order valence-corrected chi connectivity index (χ2v) is 4.56. The van der Waals surface area contributed by atoms with Crippen LogP contribution in [0.4, 0.5) is 0 Å². The third-order valence-electron chi connectivity index (χ3n) is 3.70. The van der Waals surface area contributed by atoms with E-state index in [1.165, 1.54) is 12.8 Å². The van der Waals surface area contributed by atoms with Crippen molar-refractivity contribution >= 4 is 5.91 Å². The highest BCUT2D eigenvalue weighted by Crippen LogP contribution is 2.33. The molecule has 3 heterocycles. The molecule has 0 saturated carbocycles. The summed E-state index contributed by atoms with van der Waals surface area (Å²) in [5.41, 5.74) is 0. The Morgan fingerprint density at radius 2 is 2.21 bits per heavy atom. The molecular formula is C11H16N2O. The Labute approximate surface area is 84.2 Å². The van der Waals surface area contributed by atoms with Crippen molar-refractivity contribution in [2.45, 2.75) is 31.3 Å². The van der Waals surface area contributed by atoms with Crippen LogP contribution in [0, 0.1) is 5.92 Å². The predicted molar refractivity (Wildman–Crippen MR) is 53.8 cm³/mol. The quantitative estimate of drug-likeness (QED) is 0.614. The summed E-state index contributed by atoms with van der Waals surface area (Å²) in [6.45, 7) is 1.77. The topological polar surface area (TPSA) is 32.3 Å². The smallest absolute Gasteiger partial charge is 0.229 e. The molecule has 3 nitrogen and oxygen atoms in total. The first kappa shape index (κ1) is 8.48. The molecule has 3 aliphatic heterocycles. The van der Waals surface area contributed by atoms with E-state index < -0.39 is 0 Å². The van der Waals surface area contributed by atoms with Crippen LogP contribution in [0.1, 0.15) is 19.3 Å². The average Bonchev–Trinajstić information content (AvgIpc) is 2.33. The van der Waals surface area contributed by atoms with Gasteiger partial charge in [-0.15, -0.1) is 0 Å². The lowest BCUT2D eigenvalue weighted by Crippen LogP contribution is -2.55. The van der Waals surface area contributed by atoms with Gasteiger partial charge in [-0.05, 0) is 19.3 Å². The number of carbonyl (C=O) groups is 1. The van der Waals surface area contributed by atoms with Crippen LogP contribution in [0.25, 0.3) is 0 Å². The van der Waals surface area contributed by atoms with E-state index >= 15 is 0 Å². The van der Waals surface area contributed by atoms with Crippen LogP contribution in [0.2, 0.25) is 0 Å². The Morgan fingerprint density at radius 1 is 1.36 bits per heavy atom. The first-order valence-corrected chi connectivity index (χ1v) is 5.56. The van der Waals surface area contributed by atoms with Crippen molar-refractivity contribution in [2.75, 3.05) is 13.1 Å². The largest absolute Gasteiger partial charge is 0.333 e. The summed E-state index contributed by atoms with van der Waals surface area (Å²) in [7, 11) is 0. The van der Waals surface area contributed by atoms with Gasteiger partial charge in [0.2, 0.25) is 5.91 Å². The van der Waals surface area contributed by atoms with Gasteiger partial charge in [-0.2, -0.15) is 0 Å². The lowest BCUT2D eigenvalue weighted by atomic mass is 9.99. The number of rotatable bonds is 1. The number of nitrogens with one attached hydrogen (secondary N) is 1. The lowest BCUT2D eigenvalue weighted by molar-refractivity contribution is -0.139. The molecule has 2 unspecified atom stereocenters. The van der Waals surface area contributed by atoms with E-state index in [1.54, 1.807) is 0 Å². The molecule has 3 aliphatic rings. The molecular weight excluding hydrogens is 176 g/mol. The van der Waals surface area contributed by atoms with Gasteiger partial charge >= 0.3 is 0 Å². The first-order chi connectivity index (χ1) is 6.86. The minimum absolute atomic E-state index is 0.268. The second-order valence-electron chi connectivity index (χ2n) is 4.56. The van der Waals surface area contributed by atoms with Crippen LogP contribution < -0.4 is 5.32 Å². The SMILES string of the molecule is O=C(C1CNC1)N1C2C=CCC1CC2. The minimum Gasteiger partial charge on any atom is -0.333 e. The monoisotopic (exact) mass is 192 g/mol. The van der Waals surface area contributed by atoms with Crippen molar-refractivity contribution in [1.29, 1.82) is 0 Å². The van der Waals surface area contributed by atoms with E-state index in [1.807, 2.05) is 0 Å². The number of carbonyl (C=O) groups excluding carboxylic acids is 1. The first-order valence-electron chi connectivity index (χ1n) is 5.56. The molecule has 76 valence electrons. The van der Waals surface area contributed by atoms with Crippen LogP contribution in [0.3, 0.4) is 0 Å². The third kappa shape index (κ3) is 1.12. The zero-order valence-corrected chi connectivity index (χ0v) is 8.28. The van der Waals surface area contributed by atoms with Crippen LogP contribution in [-0.2, 0) is 4.79 Å². The molecule has 0 aromatic heterocycles. The Balaban J connectivity index is 1.78. The maximum absolute atomic E-state index is 12.1. The van der Waals surface area contributed by atoms with Gasteiger partial charge in [-0.25, -0.2) is 0 Å². The third-order valence-corrected chi connectivity index (χ3v) is 3.70. The highest BCUT2D eigenvalue weighted by Gasteiger charge is 2.40. The highest BCUT2D eigenvalue weighted by molar-refractivity contribution is 5.81. The molecule has 2 bridgehead atoms. The fraction of sp³-hybridized carbons (Fsp3) is 0.727. The van der Waals surface area contributed by atoms with Crippen LogP contribution in [0.15, 0.2) is 12.2 Å². The summed E-state index contributed by atoms with van der Waals surface area (Å²) in [5, 5.41) is 3.17. The zero-order chi connectivity index (χ0) is 9.54. The Kier molecular flexibility index (Phi) is 1.87. The van der Waals surface area contributed by atoms with Gasteiger partial charge in [0.25, 0.3) is 0 Å². The van der Waals surface area contributed by atoms with Crippen molar-refractivity contribution in [3.8, 4) is 0 Å². The van der Waals surface area contributed by atoms with Gasteiger partial charge in [0.15, 0.2) is 0 Å². The van der Waals surface area contributed by atoms with Crippen molar-refractivity contribution < 1.29 is 4.79 Å². The maximum Gasteiger partial charge on any atom is 0.229 e. The van der Waals surface area contributed by atoms with Crippen LogP contribution >= 0.6 is 0 Å². The number of amides is 1. The summed E-state index contributed by atoms with van der Waals surface area (Å²) in [6, 6.07) is 0.931. The van der Waals surface area contributed by atoms with Gasteiger partial charge in [0.1, 0.15) is 0 Å². The van der Waals surface area contributed by atoms with E-state index in [-0.39, 0.29) is 5.92 Å². The maximum atomic E-state index is 12.1. The molecule has 0 aliphatic carbocycles. The molecule has 14 heavy (non-hydrogen) atoms. The molecule has 2 saturated heterocycles. The molecule has 2 atom stereocenters. The lowest BCUT2D eigenvalue weighted by Gasteiger charge is -2.37. The van der Waals surface area contributed by atoms with Gasteiger partial charge < -0.3 is 10.2 Å². The number of hydrogen-bond acceptors (Lipinski definition) is 2. The number of fused-ring (bicyclic) bond motifs is 2. The summed E-state index contributed by atoms with van der Waals surface area (Å²) in [5.74, 6) is 0.658. The number of nitrogens with zero attached hydrogens (tertiary/aromatic N) is 1. The van der Waals surface area contributed by atoms with Crippen molar-refractivity contribution in [1.82, 2.24) is 10.2 Å². The van der Waals surface area contributed by atoms with Gasteiger partial charge in [-0.3, -0.25) is 4.79 Å². The second kappa shape index (κ2) is 3.09. The minimum atomic E-state index is 0.268. The van der Waals surface area contributed by atoms with Crippen molar-refractivity contribution in [3.63, 3.8) is 0 Å². The van der Waals surface area contributed by atoms with Crippen LogP contribution in [-0.4, -0.2) is 36.0 Å². The standard InChI is InChI=1S/C11H16N2O/c14-11(8-6-12-7-8)13-9-2-1-3-10(13)5-4-9/h1-2,8-10,12H,3-7H2. The fourth-order valence-corrected chi connectivity index (χ4v) is 2.74. The Bertz CT molecular complexity index is 283. The molecule has 0 aromatic rings. The normalized spacial score (nSPS) is 35.9. The molecule has 3 rings (SSSR count). The number of hydrogen-bond donors (Lipinski definition) is 1. The Hall–Kier alpha value is -0.830. The van der Waals surface area contributed by atoms with E-state index in [2.05, 4.69) is 22.4 Å². The Morgan fingerprint density at radius 3 is 2.86 bits per heavy atom. The summed E-state index contributed by atoms with van der Waals surface area (Å²) >= 11 is 0. The average molecular weight is 192 g/mol. The van der Waals surface area contributed by atoms with Crippen molar-refractivity contribution in [3.05, 3.63) is 12.2 Å².